The molecule has 16 heavy (non-hydrogen) atoms. The maximum Gasteiger partial charge on any atom is 0.133 e. The lowest BCUT2D eigenvalue weighted by Crippen LogP contribution is -2.01. The SMILES string of the molecule is Cc1ccsc1CNc1cc(N)cc(Cl)n1. The molecule has 84 valence electrons. The van der Waals surface area contributed by atoms with Crippen LogP contribution in [-0.2, 0) is 6.54 Å². The number of anilines is 2. The molecule has 5 heteroatoms. The van der Waals surface area contributed by atoms with Crippen molar-refractivity contribution in [1.82, 2.24) is 4.98 Å². The number of hydrogen-bond donors (Lipinski definition) is 2. The van der Waals surface area contributed by atoms with Crippen molar-refractivity contribution in [2.75, 3.05) is 11.1 Å². The van der Waals surface area contributed by atoms with Gasteiger partial charge in [-0.3, -0.25) is 0 Å². The summed E-state index contributed by atoms with van der Waals surface area (Å²) in [5.41, 5.74) is 7.58. The van der Waals surface area contributed by atoms with E-state index in [9.17, 15) is 0 Å². The first-order valence-electron chi connectivity index (χ1n) is 4.85. The van der Waals surface area contributed by atoms with Crippen molar-refractivity contribution in [1.29, 1.82) is 0 Å². The van der Waals surface area contributed by atoms with E-state index in [-0.39, 0.29) is 0 Å². The van der Waals surface area contributed by atoms with Crippen LogP contribution in [0.2, 0.25) is 5.15 Å². The maximum atomic E-state index is 5.81. The summed E-state index contributed by atoms with van der Waals surface area (Å²) in [5, 5.41) is 5.69. The van der Waals surface area contributed by atoms with Crippen LogP contribution >= 0.6 is 22.9 Å². The molecule has 0 radical (unpaired) electrons. The highest BCUT2D eigenvalue weighted by Gasteiger charge is 2.02. The van der Waals surface area contributed by atoms with Gasteiger partial charge < -0.3 is 11.1 Å². The van der Waals surface area contributed by atoms with Crippen molar-refractivity contribution in [2.24, 2.45) is 0 Å². The third kappa shape index (κ3) is 2.65. The smallest absolute Gasteiger partial charge is 0.133 e. The summed E-state index contributed by atoms with van der Waals surface area (Å²) >= 11 is 7.54. The second kappa shape index (κ2) is 4.72. The fraction of sp³-hybridized carbons (Fsp3) is 0.182. The van der Waals surface area contributed by atoms with Gasteiger partial charge in [-0.15, -0.1) is 11.3 Å². The van der Waals surface area contributed by atoms with Crippen molar-refractivity contribution >= 4 is 34.4 Å². The van der Waals surface area contributed by atoms with Crippen LogP contribution in [0.3, 0.4) is 0 Å². The molecule has 0 saturated heterocycles. The summed E-state index contributed by atoms with van der Waals surface area (Å²) in [6, 6.07) is 5.50. The van der Waals surface area contributed by atoms with Gasteiger partial charge in [-0.05, 0) is 30.0 Å². The lowest BCUT2D eigenvalue weighted by Gasteiger charge is -2.06. The van der Waals surface area contributed by atoms with E-state index in [1.165, 1.54) is 10.4 Å². The molecule has 0 amide bonds. The minimum absolute atomic E-state index is 0.408. The molecule has 2 aromatic heterocycles. The quantitative estimate of drug-likeness (QED) is 0.826. The number of aryl methyl sites for hydroxylation is 1. The van der Waals surface area contributed by atoms with Gasteiger partial charge in [0, 0.05) is 16.6 Å². The number of nitrogens with zero attached hydrogens (tertiary/aromatic N) is 1. The molecular formula is C11H12ClN3S. The highest BCUT2D eigenvalue weighted by Crippen LogP contribution is 2.19. The highest BCUT2D eigenvalue weighted by molar-refractivity contribution is 7.10. The van der Waals surface area contributed by atoms with Crippen LogP contribution in [0.4, 0.5) is 11.5 Å². The zero-order valence-electron chi connectivity index (χ0n) is 8.83. The zero-order valence-corrected chi connectivity index (χ0v) is 10.4. The molecule has 0 aliphatic carbocycles. The Bertz CT molecular complexity index is 475. The van der Waals surface area contributed by atoms with Crippen LogP contribution in [0.15, 0.2) is 23.6 Å². The Balaban J connectivity index is 2.07. The normalized spacial score (nSPS) is 10.4. The van der Waals surface area contributed by atoms with Gasteiger partial charge in [-0.1, -0.05) is 11.6 Å². The number of nitrogens with two attached hydrogens (primary N) is 1. The molecule has 0 atom stereocenters. The average Bonchev–Trinajstić information content (AvgIpc) is 2.59. The maximum absolute atomic E-state index is 5.81. The number of hydrogen-bond acceptors (Lipinski definition) is 4. The number of rotatable bonds is 3. The predicted molar refractivity (Wildman–Crippen MR) is 70.0 cm³/mol. The van der Waals surface area contributed by atoms with Crippen LogP contribution in [-0.4, -0.2) is 4.98 Å². The lowest BCUT2D eigenvalue weighted by molar-refractivity contribution is 1.13. The van der Waals surface area contributed by atoms with Crippen LogP contribution < -0.4 is 11.1 Å². The molecule has 0 spiro atoms. The number of nitrogens with one attached hydrogen (secondary N) is 1. The Labute approximate surface area is 103 Å². The van der Waals surface area contributed by atoms with E-state index in [0.717, 1.165) is 6.54 Å². The first-order chi connectivity index (χ1) is 7.65. The summed E-state index contributed by atoms with van der Waals surface area (Å²) in [4.78, 5) is 5.43. The molecule has 2 rings (SSSR count). The van der Waals surface area contributed by atoms with E-state index in [1.807, 2.05) is 0 Å². The molecule has 2 heterocycles. The van der Waals surface area contributed by atoms with E-state index < -0.39 is 0 Å². The molecule has 0 unspecified atom stereocenters. The fourth-order valence-corrected chi connectivity index (χ4v) is 2.43. The van der Waals surface area contributed by atoms with E-state index in [1.54, 1.807) is 23.5 Å². The van der Waals surface area contributed by atoms with Gasteiger partial charge in [0.05, 0.1) is 6.54 Å². The number of halogens is 1. The third-order valence-electron chi connectivity index (χ3n) is 2.21. The van der Waals surface area contributed by atoms with Gasteiger partial charge in [-0.2, -0.15) is 0 Å². The van der Waals surface area contributed by atoms with Crippen molar-refractivity contribution in [3.8, 4) is 0 Å². The molecular weight excluding hydrogens is 242 g/mol. The predicted octanol–water partition coefficient (Wildman–Crippen LogP) is 3.30. The minimum atomic E-state index is 0.408. The highest BCUT2D eigenvalue weighted by atomic mass is 35.5. The van der Waals surface area contributed by atoms with Crippen molar-refractivity contribution in [2.45, 2.75) is 13.5 Å². The van der Waals surface area contributed by atoms with Crippen LogP contribution in [0, 0.1) is 6.92 Å². The van der Waals surface area contributed by atoms with E-state index in [0.29, 0.717) is 16.7 Å². The second-order valence-corrected chi connectivity index (χ2v) is 4.88. The Morgan fingerprint density at radius 1 is 1.50 bits per heavy atom. The van der Waals surface area contributed by atoms with Gasteiger partial charge in [0.15, 0.2) is 0 Å². The van der Waals surface area contributed by atoms with Crippen molar-refractivity contribution < 1.29 is 0 Å². The summed E-state index contributed by atoms with van der Waals surface area (Å²) in [6.07, 6.45) is 0. The standard InChI is InChI=1S/C11H12ClN3S/c1-7-2-3-16-9(7)6-14-11-5-8(13)4-10(12)15-11/h2-5H,6H2,1H3,(H3,13,14,15). The lowest BCUT2D eigenvalue weighted by atomic mass is 10.3. The zero-order chi connectivity index (χ0) is 11.5. The van der Waals surface area contributed by atoms with Crippen molar-refractivity contribution in [3.05, 3.63) is 39.2 Å². The summed E-state index contributed by atoms with van der Waals surface area (Å²) in [5.74, 6) is 0.706. The number of pyridine rings is 1. The molecule has 0 aliphatic heterocycles. The Hall–Kier alpha value is -1.26. The third-order valence-corrected chi connectivity index (χ3v) is 3.43. The first-order valence-corrected chi connectivity index (χ1v) is 6.11. The van der Waals surface area contributed by atoms with Gasteiger partial charge in [0.2, 0.25) is 0 Å². The van der Waals surface area contributed by atoms with E-state index in [2.05, 4.69) is 28.7 Å². The number of thiophene rings is 1. The summed E-state index contributed by atoms with van der Waals surface area (Å²) < 4.78 is 0. The van der Waals surface area contributed by atoms with Crippen LogP contribution in [0.5, 0.6) is 0 Å². The Morgan fingerprint density at radius 3 is 2.94 bits per heavy atom. The topological polar surface area (TPSA) is 50.9 Å². The van der Waals surface area contributed by atoms with E-state index in [4.69, 9.17) is 17.3 Å². The number of nitrogen functional groups attached to an aromatic ring is 1. The Kier molecular flexibility index (Phi) is 3.31. The molecule has 3 N–H and O–H groups in total. The first kappa shape index (κ1) is 11.2. The molecule has 0 bridgehead atoms. The molecule has 0 aliphatic rings. The Morgan fingerprint density at radius 2 is 2.31 bits per heavy atom. The van der Waals surface area contributed by atoms with Crippen LogP contribution in [0.25, 0.3) is 0 Å². The van der Waals surface area contributed by atoms with Gasteiger partial charge in [0.25, 0.3) is 0 Å². The van der Waals surface area contributed by atoms with Gasteiger partial charge >= 0.3 is 0 Å². The minimum Gasteiger partial charge on any atom is -0.399 e. The largest absolute Gasteiger partial charge is 0.399 e. The van der Waals surface area contributed by atoms with Crippen molar-refractivity contribution in [3.63, 3.8) is 0 Å². The molecule has 0 aromatic carbocycles. The van der Waals surface area contributed by atoms with Gasteiger partial charge in [0.1, 0.15) is 11.0 Å². The summed E-state index contributed by atoms with van der Waals surface area (Å²) in [7, 11) is 0. The molecule has 0 saturated carbocycles. The monoisotopic (exact) mass is 253 g/mol. The second-order valence-electron chi connectivity index (χ2n) is 3.49. The molecule has 2 aromatic rings. The molecule has 3 nitrogen and oxygen atoms in total. The van der Waals surface area contributed by atoms with Gasteiger partial charge in [-0.25, -0.2) is 4.98 Å². The van der Waals surface area contributed by atoms with Crippen LogP contribution in [0.1, 0.15) is 10.4 Å². The average molecular weight is 254 g/mol. The van der Waals surface area contributed by atoms with E-state index >= 15 is 0 Å². The molecule has 0 fully saturated rings. The number of aromatic nitrogens is 1. The summed E-state index contributed by atoms with van der Waals surface area (Å²) in [6.45, 7) is 2.84. The fourth-order valence-electron chi connectivity index (χ4n) is 1.36.